The molecule has 0 aliphatic carbocycles. The zero-order valence-electron chi connectivity index (χ0n) is 15.3. The van der Waals surface area contributed by atoms with Crippen LogP contribution in [-0.4, -0.2) is 37.8 Å². The highest BCUT2D eigenvalue weighted by Gasteiger charge is 2.44. The summed E-state index contributed by atoms with van der Waals surface area (Å²) in [4.78, 5) is 0. The average Bonchev–Trinajstić information content (AvgIpc) is 2.69. The maximum Gasteiger partial charge on any atom is 0.187 e. The molecule has 26 heavy (non-hydrogen) atoms. The molecule has 0 unspecified atom stereocenters. The smallest absolute Gasteiger partial charge is 0.187 e. The van der Waals surface area contributed by atoms with E-state index in [0.29, 0.717) is 13.2 Å². The van der Waals surface area contributed by atoms with E-state index in [2.05, 4.69) is 0 Å². The van der Waals surface area contributed by atoms with Gasteiger partial charge in [0.2, 0.25) is 0 Å². The second-order valence-corrected chi connectivity index (χ2v) is 6.55. The molecule has 1 aliphatic heterocycles. The Labute approximate surface area is 155 Å². The van der Waals surface area contributed by atoms with Crippen LogP contribution in [0.3, 0.4) is 0 Å². The first kappa shape index (κ1) is 19.0. The molecule has 0 aromatic heterocycles. The van der Waals surface area contributed by atoms with Gasteiger partial charge >= 0.3 is 0 Å². The van der Waals surface area contributed by atoms with Crippen molar-refractivity contribution in [2.24, 2.45) is 5.73 Å². The Morgan fingerprint density at radius 2 is 1.38 bits per heavy atom. The summed E-state index contributed by atoms with van der Waals surface area (Å²) in [5, 5.41) is 0. The second kappa shape index (κ2) is 9.26. The van der Waals surface area contributed by atoms with Gasteiger partial charge in [0.25, 0.3) is 0 Å². The van der Waals surface area contributed by atoms with Crippen LogP contribution in [0.1, 0.15) is 18.1 Å². The number of hydrogen-bond acceptors (Lipinski definition) is 5. The van der Waals surface area contributed by atoms with Crippen molar-refractivity contribution >= 4 is 0 Å². The molecule has 5 nitrogen and oxygen atoms in total. The van der Waals surface area contributed by atoms with Gasteiger partial charge in [0.05, 0.1) is 25.4 Å². The van der Waals surface area contributed by atoms with Crippen LogP contribution in [0.5, 0.6) is 0 Å². The summed E-state index contributed by atoms with van der Waals surface area (Å²) >= 11 is 0. The highest BCUT2D eigenvalue weighted by atomic mass is 16.7. The molecular formula is C21H27NO4. The molecule has 0 radical (unpaired) electrons. The molecule has 1 saturated heterocycles. The lowest BCUT2D eigenvalue weighted by atomic mass is 9.97. The van der Waals surface area contributed by atoms with Gasteiger partial charge in [-0.15, -0.1) is 0 Å². The van der Waals surface area contributed by atoms with Gasteiger partial charge in [0.1, 0.15) is 12.2 Å². The third kappa shape index (κ3) is 4.69. The number of hydrogen-bond donors (Lipinski definition) is 1. The molecule has 2 aromatic carbocycles. The Bertz CT molecular complexity index is 652. The highest BCUT2D eigenvalue weighted by molar-refractivity contribution is 5.14. The van der Waals surface area contributed by atoms with Crippen LogP contribution in [0.2, 0.25) is 0 Å². The minimum atomic E-state index is -0.532. The summed E-state index contributed by atoms with van der Waals surface area (Å²) < 4.78 is 23.7. The minimum Gasteiger partial charge on any atom is -0.373 e. The predicted octanol–water partition coefficient (Wildman–Crippen LogP) is 2.88. The Hall–Kier alpha value is -1.76. The van der Waals surface area contributed by atoms with Crippen molar-refractivity contribution in [1.82, 2.24) is 0 Å². The van der Waals surface area contributed by atoms with Gasteiger partial charge in [0, 0.05) is 7.11 Å². The fraction of sp³-hybridized carbons (Fsp3) is 0.429. The van der Waals surface area contributed by atoms with Gasteiger partial charge in [-0.05, 0) is 18.1 Å². The van der Waals surface area contributed by atoms with E-state index in [-0.39, 0.29) is 18.2 Å². The Morgan fingerprint density at radius 3 is 1.92 bits per heavy atom. The van der Waals surface area contributed by atoms with E-state index in [0.717, 1.165) is 11.1 Å². The zero-order valence-corrected chi connectivity index (χ0v) is 15.3. The lowest BCUT2D eigenvalue weighted by molar-refractivity contribution is -0.286. The predicted molar refractivity (Wildman–Crippen MR) is 99.4 cm³/mol. The summed E-state index contributed by atoms with van der Waals surface area (Å²) in [5.41, 5.74) is 8.51. The van der Waals surface area contributed by atoms with E-state index in [1.54, 1.807) is 7.11 Å². The Balaban J connectivity index is 1.66. The van der Waals surface area contributed by atoms with Crippen LogP contribution in [-0.2, 0) is 32.2 Å². The third-order valence-electron chi connectivity index (χ3n) is 4.68. The van der Waals surface area contributed by atoms with Crippen molar-refractivity contribution in [2.75, 3.05) is 7.11 Å². The number of benzene rings is 2. The van der Waals surface area contributed by atoms with Gasteiger partial charge < -0.3 is 24.7 Å². The van der Waals surface area contributed by atoms with Crippen LogP contribution >= 0.6 is 0 Å². The van der Waals surface area contributed by atoms with Crippen molar-refractivity contribution in [1.29, 1.82) is 0 Å². The van der Waals surface area contributed by atoms with Crippen LogP contribution in [0, 0.1) is 0 Å². The molecular weight excluding hydrogens is 330 g/mol. The fourth-order valence-corrected chi connectivity index (χ4v) is 3.13. The van der Waals surface area contributed by atoms with Crippen molar-refractivity contribution in [2.45, 2.75) is 50.8 Å². The normalized spacial score (nSPS) is 28.8. The topological polar surface area (TPSA) is 62.9 Å². The SMILES string of the molecule is CO[C@H]1[C@@H](OCc2ccccc2)O[C@H](C)[C@@H](N)[C@@H]1OCc1ccccc1. The number of methoxy groups -OCH3 is 1. The van der Waals surface area contributed by atoms with E-state index in [4.69, 9.17) is 24.7 Å². The number of rotatable bonds is 7. The van der Waals surface area contributed by atoms with Gasteiger partial charge in [-0.1, -0.05) is 60.7 Å². The molecule has 0 amide bonds. The molecule has 0 spiro atoms. The highest BCUT2D eigenvalue weighted by Crippen LogP contribution is 2.26. The van der Waals surface area contributed by atoms with E-state index < -0.39 is 12.4 Å². The second-order valence-electron chi connectivity index (χ2n) is 6.55. The molecule has 2 aromatic rings. The third-order valence-corrected chi connectivity index (χ3v) is 4.68. The minimum absolute atomic E-state index is 0.192. The molecule has 5 atom stereocenters. The molecule has 3 rings (SSSR count). The monoisotopic (exact) mass is 357 g/mol. The molecule has 2 N–H and O–H groups in total. The first-order valence-electron chi connectivity index (χ1n) is 8.94. The standard InChI is InChI=1S/C21H27NO4/c1-15-18(22)19(24-13-16-9-5-3-6-10-16)20(23-2)21(26-15)25-14-17-11-7-4-8-12-17/h3-12,15,18-21H,13-14,22H2,1-2H3/t15-,18-,19+,20-,21+/m1/s1. The Morgan fingerprint density at radius 1 is 0.846 bits per heavy atom. The van der Waals surface area contributed by atoms with E-state index in [1.807, 2.05) is 67.6 Å². The largest absolute Gasteiger partial charge is 0.373 e. The van der Waals surface area contributed by atoms with Crippen molar-refractivity contribution < 1.29 is 18.9 Å². The molecule has 140 valence electrons. The van der Waals surface area contributed by atoms with Crippen LogP contribution in [0.15, 0.2) is 60.7 Å². The quantitative estimate of drug-likeness (QED) is 0.826. The van der Waals surface area contributed by atoms with Crippen molar-refractivity contribution in [3.63, 3.8) is 0 Å². The summed E-state index contributed by atoms with van der Waals surface area (Å²) in [6.45, 7) is 2.85. The lowest BCUT2D eigenvalue weighted by Gasteiger charge is -2.43. The first-order valence-corrected chi connectivity index (χ1v) is 8.94. The first-order chi connectivity index (χ1) is 12.7. The van der Waals surface area contributed by atoms with Crippen molar-refractivity contribution in [3.05, 3.63) is 71.8 Å². The van der Waals surface area contributed by atoms with Gasteiger partial charge in [-0.25, -0.2) is 0 Å². The average molecular weight is 357 g/mol. The summed E-state index contributed by atoms with van der Waals surface area (Å²) in [6.07, 6.45) is -1.43. The van der Waals surface area contributed by atoms with Gasteiger partial charge in [-0.2, -0.15) is 0 Å². The zero-order chi connectivity index (χ0) is 18.4. The van der Waals surface area contributed by atoms with Crippen LogP contribution < -0.4 is 5.73 Å². The van der Waals surface area contributed by atoms with Gasteiger partial charge in [0.15, 0.2) is 6.29 Å². The maximum atomic E-state index is 6.34. The summed E-state index contributed by atoms with van der Waals surface area (Å²) in [6, 6.07) is 19.7. The molecule has 0 saturated carbocycles. The number of nitrogens with two attached hydrogens (primary N) is 1. The molecule has 0 bridgehead atoms. The van der Waals surface area contributed by atoms with Gasteiger partial charge in [-0.3, -0.25) is 0 Å². The Kier molecular flexibility index (Phi) is 6.77. The number of ether oxygens (including phenoxy) is 4. The summed E-state index contributed by atoms with van der Waals surface area (Å²) in [5.74, 6) is 0. The summed E-state index contributed by atoms with van der Waals surface area (Å²) in [7, 11) is 1.63. The van der Waals surface area contributed by atoms with E-state index in [1.165, 1.54) is 0 Å². The van der Waals surface area contributed by atoms with Crippen molar-refractivity contribution in [3.8, 4) is 0 Å². The van der Waals surface area contributed by atoms with E-state index in [9.17, 15) is 0 Å². The fourth-order valence-electron chi connectivity index (χ4n) is 3.13. The molecule has 1 aliphatic rings. The lowest BCUT2D eigenvalue weighted by Crippen LogP contribution is -2.62. The van der Waals surface area contributed by atoms with Crippen LogP contribution in [0.4, 0.5) is 0 Å². The molecule has 1 fully saturated rings. The maximum absolute atomic E-state index is 6.34. The molecule has 1 heterocycles. The molecule has 5 heteroatoms. The van der Waals surface area contributed by atoms with E-state index >= 15 is 0 Å². The van der Waals surface area contributed by atoms with Crippen LogP contribution in [0.25, 0.3) is 0 Å².